The zero-order valence-corrected chi connectivity index (χ0v) is 16.4. The summed E-state index contributed by atoms with van der Waals surface area (Å²) >= 11 is 0. The standard InChI is InChI=1S/C22H22N2O5/c1-14-10-15(2)12-16(11-14)23-19(25)13-29-20(26)8-5-9-24-21(27)17-6-3-4-7-18(17)22(24)28/h3-4,6-7,10-12H,5,8-9,13H2,1-2H3,(H,23,25). The quantitative estimate of drug-likeness (QED) is 0.576. The van der Waals surface area contributed by atoms with Gasteiger partial charge in [0.05, 0.1) is 11.1 Å². The van der Waals surface area contributed by atoms with Crippen molar-refractivity contribution in [3.63, 3.8) is 0 Å². The number of ether oxygens (including phenoxy) is 1. The predicted molar refractivity (Wildman–Crippen MR) is 107 cm³/mol. The van der Waals surface area contributed by atoms with Crippen LogP contribution in [0.1, 0.15) is 44.7 Å². The Bertz CT molecular complexity index is 928. The highest BCUT2D eigenvalue weighted by Gasteiger charge is 2.34. The van der Waals surface area contributed by atoms with Crippen molar-refractivity contribution in [3.8, 4) is 0 Å². The molecule has 0 spiro atoms. The minimum Gasteiger partial charge on any atom is -0.456 e. The summed E-state index contributed by atoms with van der Waals surface area (Å²) in [6, 6.07) is 12.3. The number of aryl methyl sites for hydroxylation is 2. The third-order valence-corrected chi connectivity index (χ3v) is 4.51. The summed E-state index contributed by atoms with van der Waals surface area (Å²) in [5, 5.41) is 2.69. The number of fused-ring (bicyclic) bond motifs is 1. The van der Waals surface area contributed by atoms with E-state index in [1.807, 2.05) is 32.0 Å². The van der Waals surface area contributed by atoms with Gasteiger partial charge < -0.3 is 10.1 Å². The summed E-state index contributed by atoms with van der Waals surface area (Å²) in [6.45, 7) is 3.59. The number of esters is 1. The molecule has 1 N–H and O–H groups in total. The third-order valence-electron chi connectivity index (χ3n) is 4.51. The smallest absolute Gasteiger partial charge is 0.306 e. The van der Waals surface area contributed by atoms with Gasteiger partial charge in [0.25, 0.3) is 17.7 Å². The van der Waals surface area contributed by atoms with E-state index in [0.717, 1.165) is 16.0 Å². The number of nitrogens with zero attached hydrogens (tertiary/aromatic N) is 1. The van der Waals surface area contributed by atoms with Crippen molar-refractivity contribution >= 4 is 29.4 Å². The van der Waals surface area contributed by atoms with Crippen molar-refractivity contribution in [2.24, 2.45) is 0 Å². The van der Waals surface area contributed by atoms with E-state index >= 15 is 0 Å². The second kappa shape index (κ2) is 8.68. The lowest BCUT2D eigenvalue weighted by Gasteiger charge is -2.13. The molecule has 3 rings (SSSR count). The summed E-state index contributed by atoms with van der Waals surface area (Å²) in [6.07, 6.45) is 0.271. The average Bonchev–Trinajstić information content (AvgIpc) is 2.91. The van der Waals surface area contributed by atoms with Crippen LogP contribution in [-0.4, -0.2) is 41.7 Å². The van der Waals surface area contributed by atoms with Gasteiger partial charge in [0.15, 0.2) is 6.61 Å². The van der Waals surface area contributed by atoms with Gasteiger partial charge in [0.1, 0.15) is 0 Å². The number of carbonyl (C=O) groups is 4. The van der Waals surface area contributed by atoms with Gasteiger partial charge in [-0.2, -0.15) is 0 Å². The van der Waals surface area contributed by atoms with Crippen molar-refractivity contribution in [1.82, 2.24) is 4.90 Å². The summed E-state index contributed by atoms with van der Waals surface area (Å²) in [4.78, 5) is 49.5. The Morgan fingerprint density at radius 1 is 0.966 bits per heavy atom. The number of rotatable bonds is 7. The molecule has 2 aromatic rings. The van der Waals surface area contributed by atoms with Gasteiger partial charge in [-0.25, -0.2) is 0 Å². The van der Waals surface area contributed by atoms with Gasteiger partial charge in [0, 0.05) is 18.7 Å². The molecule has 0 bridgehead atoms. The molecule has 0 unspecified atom stereocenters. The molecule has 7 heteroatoms. The van der Waals surface area contributed by atoms with E-state index in [2.05, 4.69) is 5.32 Å². The zero-order valence-electron chi connectivity index (χ0n) is 16.4. The third kappa shape index (κ3) is 4.87. The van der Waals surface area contributed by atoms with Crippen molar-refractivity contribution < 1.29 is 23.9 Å². The molecule has 150 valence electrons. The number of imide groups is 1. The maximum Gasteiger partial charge on any atom is 0.306 e. The van der Waals surface area contributed by atoms with Crippen LogP contribution in [0.2, 0.25) is 0 Å². The maximum atomic E-state index is 12.3. The molecule has 0 aliphatic carbocycles. The van der Waals surface area contributed by atoms with Gasteiger partial charge in [-0.15, -0.1) is 0 Å². The van der Waals surface area contributed by atoms with Crippen LogP contribution in [0.25, 0.3) is 0 Å². The minimum absolute atomic E-state index is 0.00420. The van der Waals surface area contributed by atoms with Crippen LogP contribution < -0.4 is 5.32 Å². The molecule has 1 aliphatic rings. The van der Waals surface area contributed by atoms with Crippen LogP contribution in [0.3, 0.4) is 0 Å². The van der Waals surface area contributed by atoms with Crippen LogP contribution in [0.15, 0.2) is 42.5 Å². The highest BCUT2D eigenvalue weighted by atomic mass is 16.5. The lowest BCUT2D eigenvalue weighted by atomic mass is 10.1. The van der Waals surface area contributed by atoms with E-state index in [0.29, 0.717) is 16.8 Å². The number of carbonyl (C=O) groups excluding carboxylic acids is 4. The Hall–Kier alpha value is -3.48. The number of hydrogen-bond acceptors (Lipinski definition) is 5. The highest BCUT2D eigenvalue weighted by molar-refractivity contribution is 6.21. The first-order chi connectivity index (χ1) is 13.8. The molecule has 0 fully saturated rings. The molecule has 0 saturated carbocycles. The second-order valence-corrected chi connectivity index (χ2v) is 7.00. The SMILES string of the molecule is Cc1cc(C)cc(NC(=O)COC(=O)CCCN2C(=O)c3ccccc3C2=O)c1. The fourth-order valence-electron chi connectivity index (χ4n) is 3.29. The Morgan fingerprint density at radius 2 is 1.55 bits per heavy atom. The lowest BCUT2D eigenvalue weighted by molar-refractivity contribution is -0.147. The molecule has 0 aromatic heterocycles. The van der Waals surface area contributed by atoms with E-state index in [1.54, 1.807) is 24.3 Å². The van der Waals surface area contributed by atoms with Gasteiger partial charge in [-0.3, -0.25) is 24.1 Å². The summed E-state index contributed by atoms with van der Waals surface area (Å²) < 4.78 is 4.98. The topological polar surface area (TPSA) is 92.8 Å². The van der Waals surface area contributed by atoms with E-state index < -0.39 is 18.5 Å². The monoisotopic (exact) mass is 394 g/mol. The molecule has 1 aliphatic heterocycles. The molecule has 0 atom stereocenters. The van der Waals surface area contributed by atoms with E-state index in [-0.39, 0.29) is 31.2 Å². The fraction of sp³-hybridized carbons (Fsp3) is 0.273. The molecule has 3 amide bonds. The van der Waals surface area contributed by atoms with Crippen LogP contribution in [0, 0.1) is 13.8 Å². The van der Waals surface area contributed by atoms with Gasteiger partial charge >= 0.3 is 5.97 Å². The van der Waals surface area contributed by atoms with Gasteiger partial charge in [-0.1, -0.05) is 18.2 Å². The Labute approximate surface area is 168 Å². The highest BCUT2D eigenvalue weighted by Crippen LogP contribution is 2.22. The van der Waals surface area contributed by atoms with Gasteiger partial charge in [0.2, 0.25) is 0 Å². The molecule has 2 aromatic carbocycles. The molecule has 0 saturated heterocycles. The first-order valence-electron chi connectivity index (χ1n) is 9.34. The first kappa shape index (κ1) is 20.3. The van der Waals surface area contributed by atoms with Crippen molar-refractivity contribution in [2.75, 3.05) is 18.5 Å². The summed E-state index contributed by atoms with van der Waals surface area (Å²) in [5.74, 6) is -1.69. The Morgan fingerprint density at radius 3 is 2.14 bits per heavy atom. The first-order valence-corrected chi connectivity index (χ1v) is 9.34. The second-order valence-electron chi connectivity index (χ2n) is 7.00. The Balaban J connectivity index is 1.41. The van der Waals surface area contributed by atoms with Crippen LogP contribution >= 0.6 is 0 Å². The molecule has 0 radical (unpaired) electrons. The molecule has 29 heavy (non-hydrogen) atoms. The molecular weight excluding hydrogens is 372 g/mol. The predicted octanol–water partition coefficient (Wildman–Crippen LogP) is 2.86. The number of nitrogens with one attached hydrogen (secondary N) is 1. The number of benzene rings is 2. The molecular formula is C22H22N2O5. The normalized spacial score (nSPS) is 12.7. The van der Waals surface area contributed by atoms with E-state index in [1.165, 1.54) is 0 Å². The Kier molecular flexibility index (Phi) is 6.07. The number of amides is 3. The van der Waals surface area contributed by atoms with Crippen molar-refractivity contribution in [2.45, 2.75) is 26.7 Å². The molecule has 1 heterocycles. The lowest BCUT2D eigenvalue weighted by Crippen LogP contribution is -2.31. The van der Waals surface area contributed by atoms with Gasteiger partial charge in [-0.05, 0) is 55.7 Å². The number of hydrogen-bond donors (Lipinski definition) is 1. The maximum absolute atomic E-state index is 12.3. The fourth-order valence-corrected chi connectivity index (χ4v) is 3.29. The zero-order chi connectivity index (χ0) is 21.0. The summed E-state index contributed by atoms with van der Waals surface area (Å²) in [7, 11) is 0. The van der Waals surface area contributed by atoms with Crippen LogP contribution in [0.5, 0.6) is 0 Å². The van der Waals surface area contributed by atoms with E-state index in [9.17, 15) is 19.2 Å². The van der Waals surface area contributed by atoms with Crippen molar-refractivity contribution in [3.05, 3.63) is 64.7 Å². The molecule has 7 nitrogen and oxygen atoms in total. The largest absolute Gasteiger partial charge is 0.456 e. The van der Waals surface area contributed by atoms with Crippen LogP contribution in [-0.2, 0) is 14.3 Å². The average molecular weight is 394 g/mol. The minimum atomic E-state index is -0.558. The van der Waals surface area contributed by atoms with E-state index in [4.69, 9.17) is 4.74 Å². The van der Waals surface area contributed by atoms with Crippen molar-refractivity contribution in [1.29, 1.82) is 0 Å². The van der Waals surface area contributed by atoms with Crippen LogP contribution in [0.4, 0.5) is 5.69 Å². The summed E-state index contributed by atoms with van der Waals surface area (Å²) in [5.41, 5.74) is 3.44. The number of anilines is 1.